The second kappa shape index (κ2) is 11.3. The van der Waals surface area contributed by atoms with Crippen LogP contribution in [-0.4, -0.2) is 0 Å². The zero-order valence-corrected chi connectivity index (χ0v) is 28.4. The molecule has 0 radical (unpaired) electrons. The summed E-state index contributed by atoms with van der Waals surface area (Å²) in [4.78, 5) is 2.42. The Morgan fingerprint density at radius 1 is 0.452 bits per heavy atom. The molecule has 0 aromatic heterocycles. The van der Waals surface area contributed by atoms with Gasteiger partial charge in [-0.3, -0.25) is 0 Å². The van der Waals surface area contributed by atoms with E-state index in [1.165, 1.54) is 56.0 Å². The van der Waals surface area contributed by atoms with Crippen molar-refractivity contribution in [2.75, 3.05) is 10.2 Å². The Bertz CT molecular complexity index is 1500. The number of hydrogen-bond acceptors (Lipinski definition) is 2. The molecular formula is C40H52N2. The van der Waals surface area contributed by atoms with Gasteiger partial charge >= 0.3 is 0 Å². The molecule has 0 amide bonds. The fourth-order valence-corrected chi connectivity index (χ4v) is 5.69. The summed E-state index contributed by atoms with van der Waals surface area (Å²) in [6, 6.07) is 27.4. The smallest absolute Gasteiger partial charge is 0.0520 e. The van der Waals surface area contributed by atoms with Crippen LogP contribution in [0.25, 0.3) is 0 Å². The molecule has 0 aliphatic carbocycles. The van der Waals surface area contributed by atoms with Crippen molar-refractivity contribution in [3.8, 4) is 0 Å². The average Bonchev–Trinajstić information content (AvgIpc) is 2.87. The molecule has 42 heavy (non-hydrogen) atoms. The first-order valence-electron chi connectivity index (χ1n) is 15.4. The van der Waals surface area contributed by atoms with Crippen molar-refractivity contribution in [2.24, 2.45) is 0 Å². The molecule has 0 heterocycles. The Kier molecular flexibility index (Phi) is 8.44. The maximum Gasteiger partial charge on any atom is 0.0520 e. The highest BCUT2D eigenvalue weighted by atomic mass is 15.1. The van der Waals surface area contributed by atoms with E-state index in [1.807, 2.05) is 0 Å². The third kappa shape index (κ3) is 6.75. The minimum absolute atomic E-state index is 0.0991. The molecular weight excluding hydrogens is 508 g/mol. The van der Waals surface area contributed by atoms with Crippen molar-refractivity contribution in [3.05, 3.63) is 112 Å². The van der Waals surface area contributed by atoms with Gasteiger partial charge in [-0.1, -0.05) is 98.7 Å². The van der Waals surface area contributed by atoms with Crippen LogP contribution in [0.1, 0.15) is 101 Å². The molecule has 0 saturated heterocycles. The van der Waals surface area contributed by atoms with Gasteiger partial charge in [-0.2, -0.15) is 0 Å². The number of nitrogens with zero attached hydrogens (tertiary/aromatic N) is 1. The van der Waals surface area contributed by atoms with E-state index in [2.05, 4.69) is 173 Å². The van der Waals surface area contributed by atoms with E-state index in [1.54, 1.807) is 0 Å². The molecule has 0 atom stereocenters. The Hall–Kier alpha value is -3.52. The van der Waals surface area contributed by atoms with Gasteiger partial charge < -0.3 is 10.2 Å². The summed E-state index contributed by atoms with van der Waals surface area (Å²) in [5.74, 6) is 0. The third-order valence-electron chi connectivity index (χ3n) is 8.37. The van der Waals surface area contributed by atoms with Gasteiger partial charge in [0.05, 0.1) is 5.69 Å². The predicted molar refractivity (Wildman–Crippen MR) is 186 cm³/mol. The van der Waals surface area contributed by atoms with Gasteiger partial charge in [-0.15, -0.1) is 0 Å². The number of aryl methyl sites for hydroxylation is 4. The van der Waals surface area contributed by atoms with Crippen LogP contribution in [0.3, 0.4) is 0 Å². The number of rotatable bonds is 5. The Balaban J connectivity index is 1.77. The zero-order chi connectivity index (χ0) is 31.2. The first-order chi connectivity index (χ1) is 19.4. The molecule has 0 unspecified atom stereocenters. The lowest BCUT2D eigenvalue weighted by Crippen LogP contribution is -2.17. The predicted octanol–water partition coefficient (Wildman–Crippen LogP) is 12.0. The van der Waals surface area contributed by atoms with Crippen LogP contribution in [0.2, 0.25) is 0 Å². The molecule has 0 fully saturated rings. The van der Waals surface area contributed by atoms with Gasteiger partial charge in [0, 0.05) is 22.7 Å². The lowest BCUT2D eigenvalue weighted by atomic mass is 9.84. The molecule has 0 aliphatic heterocycles. The molecule has 4 rings (SSSR count). The maximum atomic E-state index is 3.72. The number of benzene rings is 4. The summed E-state index contributed by atoms with van der Waals surface area (Å²) in [5.41, 5.74) is 15.4. The van der Waals surface area contributed by atoms with Crippen molar-refractivity contribution in [1.82, 2.24) is 0 Å². The van der Waals surface area contributed by atoms with Gasteiger partial charge in [-0.25, -0.2) is 0 Å². The van der Waals surface area contributed by atoms with Crippen molar-refractivity contribution in [2.45, 2.75) is 106 Å². The van der Waals surface area contributed by atoms with E-state index in [4.69, 9.17) is 0 Å². The van der Waals surface area contributed by atoms with Crippen molar-refractivity contribution < 1.29 is 0 Å². The van der Waals surface area contributed by atoms with Gasteiger partial charge in [0.2, 0.25) is 0 Å². The van der Waals surface area contributed by atoms with Gasteiger partial charge in [0.1, 0.15) is 0 Å². The second-order valence-electron chi connectivity index (χ2n) is 15.2. The molecule has 0 aliphatic rings. The van der Waals surface area contributed by atoms with E-state index >= 15 is 0 Å². The molecule has 0 saturated carbocycles. The molecule has 4 aromatic rings. The minimum atomic E-state index is 0.0991. The largest absolute Gasteiger partial charge is 0.355 e. The zero-order valence-electron chi connectivity index (χ0n) is 28.4. The van der Waals surface area contributed by atoms with E-state index in [9.17, 15) is 0 Å². The Morgan fingerprint density at radius 2 is 0.810 bits per heavy atom. The fourth-order valence-electron chi connectivity index (χ4n) is 5.69. The topological polar surface area (TPSA) is 15.3 Å². The molecule has 4 aromatic carbocycles. The SMILES string of the molecule is Cc1cc(C(C)(C)C)cc(C)c1Nc1ccc(N(c2ccc(C(C)(C)C)cc2)c2c(C)cc(C(C)(C)C)cc2C)cc1. The average molecular weight is 561 g/mol. The molecule has 1 N–H and O–H groups in total. The quantitative estimate of drug-likeness (QED) is 0.261. The van der Waals surface area contributed by atoms with Crippen LogP contribution in [0.5, 0.6) is 0 Å². The molecule has 222 valence electrons. The van der Waals surface area contributed by atoms with Crippen molar-refractivity contribution in [3.63, 3.8) is 0 Å². The normalized spacial score (nSPS) is 12.4. The van der Waals surface area contributed by atoms with Gasteiger partial charge in [-0.05, 0) is 119 Å². The monoisotopic (exact) mass is 560 g/mol. The summed E-state index contributed by atoms with van der Waals surface area (Å²) < 4.78 is 0. The van der Waals surface area contributed by atoms with Crippen LogP contribution in [-0.2, 0) is 16.2 Å². The van der Waals surface area contributed by atoms with E-state index < -0.39 is 0 Å². The number of hydrogen-bond donors (Lipinski definition) is 1. The lowest BCUT2D eigenvalue weighted by Gasteiger charge is -2.31. The van der Waals surface area contributed by atoms with E-state index in [-0.39, 0.29) is 16.2 Å². The third-order valence-corrected chi connectivity index (χ3v) is 8.37. The second-order valence-corrected chi connectivity index (χ2v) is 15.2. The highest BCUT2D eigenvalue weighted by molar-refractivity contribution is 5.82. The van der Waals surface area contributed by atoms with E-state index in [0.717, 1.165) is 11.4 Å². The summed E-state index contributed by atoms with van der Waals surface area (Å²) in [6.07, 6.45) is 0. The molecule has 0 bridgehead atoms. The lowest BCUT2D eigenvalue weighted by molar-refractivity contribution is 0.589. The van der Waals surface area contributed by atoms with Crippen LogP contribution >= 0.6 is 0 Å². The maximum absolute atomic E-state index is 3.72. The highest BCUT2D eigenvalue weighted by Gasteiger charge is 2.22. The molecule has 0 spiro atoms. The first kappa shape index (κ1) is 31.4. The van der Waals surface area contributed by atoms with E-state index in [0.29, 0.717) is 0 Å². The summed E-state index contributed by atoms with van der Waals surface area (Å²) in [6.45, 7) is 29.4. The summed E-state index contributed by atoms with van der Waals surface area (Å²) in [7, 11) is 0. The van der Waals surface area contributed by atoms with Crippen molar-refractivity contribution >= 4 is 28.4 Å². The fraction of sp³-hybridized carbons (Fsp3) is 0.400. The van der Waals surface area contributed by atoms with Gasteiger partial charge in [0.15, 0.2) is 0 Å². The Labute approximate surface area is 256 Å². The number of nitrogens with one attached hydrogen (secondary N) is 1. The van der Waals surface area contributed by atoms with Crippen LogP contribution in [0, 0.1) is 27.7 Å². The van der Waals surface area contributed by atoms with Crippen LogP contribution in [0.4, 0.5) is 28.4 Å². The van der Waals surface area contributed by atoms with Crippen LogP contribution < -0.4 is 10.2 Å². The van der Waals surface area contributed by atoms with Gasteiger partial charge in [0.25, 0.3) is 0 Å². The highest BCUT2D eigenvalue weighted by Crippen LogP contribution is 2.42. The summed E-state index contributed by atoms with van der Waals surface area (Å²) in [5, 5.41) is 3.72. The van der Waals surface area contributed by atoms with Crippen LogP contribution in [0.15, 0.2) is 72.8 Å². The first-order valence-corrected chi connectivity index (χ1v) is 15.4. The standard InChI is InChI=1S/C40H52N2/c1-26-22-31(39(8,9)10)23-27(2)36(26)41-33-16-20-35(21-17-33)42(34-18-14-30(15-19-34)38(5,6)7)37-28(3)24-32(25-29(37)4)40(11,12)13/h14-25,41H,1-13H3. The minimum Gasteiger partial charge on any atom is -0.355 e. The number of anilines is 5. The Morgan fingerprint density at radius 3 is 1.19 bits per heavy atom. The molecule has 2 nitrogen and oxygen atoms in total. The van der Waals surface area contributed by atoms with Crippen molar-refractivity contribution in [1.29, 1.82) is 0 Å². The summed E-state index contributed by atoms with van der Waals surface area (Å²) >= 11 is 0. The molecule has 2 heteroatoms.